The molecule has 6 nitrogen and oxygen atoms in total. The summed E-state index contributed by atoms with van der Waals surface area (Å²) in [6.45, 7) is 8.22. The lowest BCUT2D eigenvalue weighted by atomic mass is 9.92. The molecule has 8 heteroatoms. The number of hydrogen-bond donors (Lipinski definition) is 1. The third-order valence-corrected chi connectivity index (χ3v) is 5.79. The standard InChI is InChI=1S/C10H16OS.C8H9NO2S.2H2O/c1-9(2)5-6-10(3,4)8-12(11)7-9;1-11-8(10)6-3-2-4-7(5-6)12-9;;/h7-8H2,1-4H3;2-5H,9H2,1H3;2*1H2. The number of methoxy groups -OCH3 is 1. The van der Waals surface area contributed by atoms with E-state index in [1.807, 2.05) is 6.07 Å². The van der Waals surface area contributed by atoms with E-state index in [4.69, 9.17) is 5.14 Å². The molecule has 0 spiro atoms. The number of ether oxygens (including phenoxy) is 1. The SMILES string of the molecule is CC1(C)C#CC(C)(C)CS(=O)C1.COC(=O)c1cccc(SN)c1.O.O. The van der Waals surface area contributed by atoms with Gasteiger partial charge in [-0.05, 0) is 57.8 Å². The van der Waals surface area contributed by atoms with E-state index in [-0.39, 0.29) is 27.8 Å². The van der Waals surface area contributed by atoms with E-state index >= 15 is 0 Å². The molecule has 0 radical (unpaired) electrons. The van der Waals surface area contributed by atoms with Gasteiger partial charge in [0, 0.05) is 38.0 Å². The van der Waals surface area contributed by atoms with E-state index in [0.717, 1.165) is 16.8 Å². The molecule has 0 bridgehead atoms. The molecule has 148 valence electrons. The number of benzene rings is 1. The summed E-state index contributed by atoms with van der Waals surface area (Å²) in [6, 6.07) is 6.97. The molecule has 6 N–H and O–H groups in total. The first kappa shape index (κ1) is 26.9. The first-order chi connectivity index (χ1) is 11.1. The Kier molecular flexibility index (Phi) is 11.7. The van der Waals surface area contributed by atoms with Crippen LogP contribution in [0.25, 0.3) is 0 Å². The van der Waals surface area contributed by atoms with Crippen LogP contribution in [0.5, 0.6) is 0 Å². The molecule has 0 unspecified atom stereocenters. The maximum atomic E-state index is 11.5. The van der Waals surface area contributed by atoms with Crippen molar-refractivity contribution < 1.29 is 24.7 Å². The molecule has 26 heavy (non-hydrogen) atoms. The normalized spacial score (nSPS) is 16.8. The lowest BCUT2D eigenvalue weighted by Crippen LogP contribution is -2.22. The maximum Gasteiger partial charge on any atom is 0.337 e. The first-order valence-electron chi connectivity index (χ1n) is 7.53. The quantitative estimate of drug-likeness (QED) is 0.455. The molecule has 0 saturated carbocycles. The van der Waals surface area contributed by atoms with E-state index in [1.165, 1.54) is 7.11 Å². The van der Waals surface area contributed by atoms with Crippen molar-refractivity contribution in [1.29, 1.82) is 0 Å². The highest BCUT2D eigenvalue weighted by Crippen LogP contribution is 2.25. The minimum atomic E-state index is -0.721. The van der Waals surface area contributed by atoms with Crippen LogP contribution in [-0.4, -0.2) is 39.7 Å². The van der Waals surface area contributed by atoms with Crippen molar-refractivity contribution in [2.45, 2.75) is 32.6 Å². The number of carbonyl (C=O) groups excluding carboxylic acids is 1. The summed E-state index contributed by atoms with van der Waals surface area (Å²) in [7, 11) is 0.630. The van der Waals surface area contributed by atoms with Gasteiger partial charge in [-0.2, -0.15) is 0 Å². The Bertz CT molecular complexity index is 654. The van der Waals surface area contributed by atoms with Crippen molar-refractivity contribution in [1.82, 2.24) is 0 Å². The van der Waals surface area contributed by atoms with Gasteiger partial charge in [0.05, 0.1) is 12.7 Å². The lowest BCUT2D eigenvalue weighted by molar-refractivity contribution is 0.0600. The Labute approximate surface area is 162 Å². The Morgan fingerprint density at radius 2 is 1.65 bits per heavy atom. The molecule has 0 amide bonds. The van der Waals surface area contributed by atoms with Gasteiger partial charge >= 0.3 is 5.97 Å². The molecular weight excluding hydrogens is 374 g/mol. The third-order valence-electron chi connectivity index (χ3n) is 3.17. The largest absolute Gasteiger partial charge is 0.465 e. The van der Waals surface area contributed by atoms with Crippen LogP contribution in [-0.2, 0) is 15.5 Å². The number of carbonyl (C=O) groups is 1. The van der Waals surface area contributed by atoms with Gasteiger partial charge in [-0.1, -0.05) is 17.9 Å². The molecule has 0 saturated heterocycles. The minimum Gasteiger partial charge on any atom is -0.465 e. The summed E-state index contributed by atoms with van der Waals surface area (Å²) in [5, 5.41) is 5.32. The van der Waals surface area contributed by atoms with Crippen molar-refractivity contribution in [3.8, 4) is 11.8 Å². The van der Waals surface area contributed by atoms with Crippen LogP contribution >= 0.6 is 11.9 Å². The fourth-order valence-electron chi connectivity index (χ4n) is 2.08. The predicted octanol–water partition coefficient (Wildman–Crippen LogP) is 1.59. The Hall–Kier alpha value is -1.37. The summed E-state index contributed by atoms with van der Waals surface area (Å²) in [4.78, 5) is 11.9. The van der Waals surface area contributed by atoms with Crippen molar-refractivity contribution in [3.63, 3.8) is 0 Å². The van der Waals surface area contributed by atoms with Crippen LogP contribution in [0.4, 0.5) is 0 Å². The molecule has 1 aliphatic heterocycles. The molecule has 0 atom stereocenters. The fraction of sp³-hybridized carbons (Fsp3) is 0.500. The monoisotopic (exact) mass is 403 g/mol. The molecule has 0 fully saturated rings. The summed E-state index contributed by atoms with van der Waals surface area (Å²) in [5.74, 6) is 7.48. The second-order valence-electron chi connectivity index (χ2n) is 6.88. The molecule has 2 rings (SSSR count). The zero-order chi connectivity index (χ0) is 18.4. The highest BCUT2D eigenvalue weighted by Gasteiger charge is 2.27. The predicted molar refractivity (Wildman–Crippen MR) is 108 cm³/mol. The van der Waals surface area contributed by atoms with Gasteiger partial charge in [0.15, 0.2) is 0 Å². The summed E-state index contributed by atoms with van der Waals surface area (Å²) in [5.41, 5.74) is 0.380. The molecule has 0 aromatic heterocycles. The Morgan fingerprint density at radius 1 is 1.15 bits per heavy atom. The minimum absolute atomic E-state index is 0. The van der Waals surface area contributed by atoms with Crippen molar-refractivity contribution in [3.05, 3.63) is 29.8 Å². The summed E-state index contributed by atoms with van der Waals surface area (Å²) >= 11 is 1.10. The molecule has 1 aromatic carbocycles. The average Bonchev–Trinajstić information content (AvgIpc) is 2.61. The van der Waals surface area contributed by atoms with Gasteiger partial charge in [0.2, 0.25) is 0 Å². The van der Waals surface area contributed by atoms with E-state index in [0.29, 0.717) is 17.1 Å². The van der Waals surface area contributed by atoms with Gasteiger partial charge in [-0.25, -0.2) is 4.79 Å². The second kappa shape index (κ2) is 11.4. The summed E-state index contributed by atoms with van der Waals surface area (Å²) in [6.07, 6.45) is 0. The van der Waals surface area contributed by atoms with Crippen LogP contribution in [0.15, 0.2) is 29.2 Å². The van der Waals surface area contributed by atoms with Crippen molar-refractivity contribution in [2.24, 2.45) is 16.0 Å². The molecule has 1 heterocycles. The Morgan fingerprint density at radius 3 is 2.08 bits per heavy atom. The van der Waals surface area contributed by atoms with Crippen LogP contribution in [0.1, 0.15) is 38.1 Å². The van der Waals surface area contributed by atoms with Crippen LogP contribution in [0, 0.1) is 22.7 Å². The number of esters is 1. The average molecular weight is 404 g/mol. The fourth-order valence-corrected chi connectivity index (χ4v) is 4.29. The Balaban J connectivity index is 0. The van der Waals surface area contributed by atoms with Crippen molar-refractivity contribution in [2.75, 3.05) is 18.6 Å². The van der Waals surface area contributed by atoms with Gasteiger partial charge in [-0.3, -0.25) is 9.35 Å². The zero-order valence-electron chi connectivity index (χ0n) is 15.8. The number of hydrogen-bond acceptors (Lipinski definition) is 5. The second-order valence-corrected chi connectivity index (χ2v) is 9.05. The third kappa shape index (κ3) is 9.36. The molecule has 0 aliphatic carbocycles. The molecule has 1 aliphatic rings. The van der Waals surface area contributed by atoms with Crippen LogP contribution in [0.2, 0.25) is 0 Å². The van der Waals surface area contributed by atoms with E-state index in [9.17, 15) is 9.00 Å². The van der Waals surface area contributed by atoms with E-state index in [1.54, 1.807) is 18.2 Å². The lowest BCUT2D eigenvalue weighted by Gasteiger charge is -2.16. The summed E-state index contributed by atoms with van der Waals surface area (Å²) < 4.78 is 16.1. The van der Waals surface area contributed by atoms with E-state index in [2.05, 4.69) is 44.3 Å². The van der Waals surface area contributed by atoms with Gasteiger partial charge in [0.1, 0.15) is 0 Å². The van der Waals surface area contributed by atoms with E-state index < -0.39 is 10.8 Å². The smallest absolute Gasteiger partial charge is 0.337 e. The van der Waals surface area contributed by atoms with Crippen molar-refractivity contribution >= 4 is 28.7 Å². The topological polar surface area (TPSA) is 132 Å². The number of nitrogens with two attached hydrogens (primary N) is 1. The van der Waals surface area contributed by atoms with Crippen LogP contribution < -0.4 is 5.14 Å². The number of rotatable bonds is 2. The van der Waals surface area contributed by atoms with Gasteiger partial charge in [0.25, 0.3) is 0 Å². The first-order valence-corrected chi connectivity index (χ1v) is 9.90. The maximum absolute atomic E-state index is 11.5. The molecule has 1 aromatic rings. The van der Waals surface area contributed by atoms with Gasteiger partial charge < -0.3 is 15.7 Å². The van der Waals surface area contributed by atoms with Gasteiger partial charge in [-0.15, -0.1) is 0 Å². The highest BCUT2D eigenvalue weighted by molar-refractivity contribution is 7.97. The van der Waals surface area contributed by atoms with Crippen LogP contribution in [0.3, 0.4) is 0 Å². The molecular formula is C18H29NO5S2. The zero-order valence-corrected chi connectivity index (χ0v) is 17.5. The highest BCUT2D eigenvalue weighted by atomic mass is 32.2.